The summed E-state index contributed by atoms with van der Waals surface area (Å²) in [5.41, 5.74) is 6.42. The molecule has 0 saturated carbocycles. The van der Waals surface area contributed by atoms with Crippen molar-refractivity contribution in [2.45, 2.75) is 9.79 Å². The molecule has 0 saturated heterocycles. The van der Waals surface area contributed by atoms with E-state index >= 15 is 0 Å². The highest BCUT2D eigenvalue weighted by atomic mass is 32.2. The molecule has 0 aliphatic rings. The van der Waals surface area contributed by atoms with E-state index in [0.717, 1.165) is 4.90 Å². The second-order valence-electron chi connectivity index (χ2n) is 3.72. The summed E-state index contributed by atoms with van der Waals surface area (Å²) < 4.78 is 0. The van der Waals surface area contributed by atoms with Gasteiger partial charge in [0.1, 0.15) is 0 Å². The number of nitrogen functional groups attached to an aromatic ring is 1. The average molecular weight is 271 g/mol. The van der Waals surface area contributed by atoms with E-state index in [1.54, 1.807) is 36.4 Å². The Balaban J connectivity index is 2.37. The van der Waals surface area contributed by atoms with Crippen LogP contribution in [0.15, 0.2) is 52.3 Å². The second kappa shape index (κ2) is 5.42. The molecule has 6 heteroatoms. The van der Waals surface area contributed by atoms with Crippen molar-refractivity contribution in [1.82, 2.24) is 0 Å². The topological polar surface area (TPSA) is 93.0 Å². The first-order chi connectivity index (χ1) is 9.10. The lowest BCUT2D eigenvalue weighted by molar-refractivity contribution is -0.387. The fourth-order valence-electron chi connectivity index (χ4n) is 1.48. The molecule has 2 aromatic carbocycles. The van der Waals surface area contributed by atoms with Crippen molar-refractivity contribution in [2.75, 3.05) is 5.73 Å². The van der Waals surface area contributed by atoms with Gasteiger partial charge in [-0.05, 0) is 36.4 Å². The van der Waals surface area contributed by atoms with Crippen LogP contribution in [0.25, 0.3) is 0 Å². The summed E-state index contributed by atoms with van der Waals surface area (Å²) >= 11 is 1.26. The largest absolute Gasteiger partial charge is 0.399 e. The van der Waals surface area contributed by atoms with Crippen molar-refractivity contribution >= 4 is 23.1 Å². The summed E-state index contributed by atoms with van der Waals surface area (Å²) in [5, 5.41) is 19.8. The van der Waals surface area contributed by atoms with Crippen LogP contribution in [0.4, 0.5) is 11.4 Å². The zero-order valence-corrected chi connectivity index (χ0v) is 10.6. The van der Waals surface area contributed by atoms with Gasteiger partial charge < -0.3 is 5.73 Å². The molecule has 0 unspecified atom stereocenters. The Morgan fingerprint density at radius 3 is 2.47 bits per heavy atom. The van der Waals surface area contributed by atoms with Crippen molar-refractivity contribution < 1.29 is 4.92 Å². The van der Waals surface area contributed by atoms with Crippen molar-refractivity contribution in [3.8, 4) is 6.07 Å². The maximum Gasteiger partial charge on any atom is 0.284 e. The summed E-state index contributed by atoms with van der Waals surface area (Å²) in [6.07, 6.45) is 0. The molecule has 2 N–H and O–H groups in total. The minimum absolute atomic E-state index is 0.0686. The molecule has 0 aliphatic carbocycles. The maximum absolute atomic E-state index is 11.0. The Kier molecular flexibility index (Phi) is 3.68. The van der Waals surface area contributed by atoms with Gasteiger partial charge >= 0.3 is 0 Å². The number of rotatable bonds is 3. The van der Waals surface area contributed by atoms with Crippen LogP contribution < -0.4 is 5.73 Å². The number of hydrogen-bond donors (Lipinski definition) is 1. The number of nitriles is 1. The molecule has 19 heavy (non-hydrogen) atoms. The summed E-state index contributed by atoms with van der Waals surface area (Å²) in [6, 6.07) is 13.4. The highest BCUT2D eigenvalue weighted by Gasteiger charge is 2.15. The van der Waals surface area contributed by atoms with Gasteiger partial charge in [0.05, 0.1) is 21.5 Å². The molecular formula is C13H9N3O2S. The fourth-order valence-corrected chi connectivity index (χ4v) is 2.38. The molecule has 0 radical (unpaired) electrons. The number of nitro groups is 1. The Bertz CT molecular complexity index is 663. The molecule has 0 heterocycles. The molecule has 0 aliphatic heterocycles. The predicted octanol–water partition coefficient (Wildman–Crippen LogP) is 3.20. The molecule has 94 valence electrons. The average Bonchev–Trinajstić information content (AvgIpc) is 2.41. The number of benzene rings is 2. The molecule has 0 bridgehead atoms. The Labute approximate surface area is 113 Å². The molecule has 0 fully saturated rings. The first-order valence-corrected chi connectivity index (χ1v) is 6.14. The van der Waals surface area contributed by atoms with Crippen LogP contribution in [0.3, 0.4) is 0 Å². The minimum Gasteiger partial charge on any atom is -0.399 e. The SMILES string of the molecule is N#Cc1ccc(Sc2ccc(N)cc2)c([N+](=O)[O-])c1. The van der Waals surface area contributed by atoms with E-state index in [9.17, 15) is 10.1 Å². The van der Waals surface area contributed by atoms with Crippen molar-refractivity contribution in [1.29, 1.82) is 5.26 Å². The molecule has 5 nitrogen and oxygen atoms in total. The summed E-state index contributed by atoms with van der Waals surface area (Å²) in [7, 11) is 0. The number of hydrogen-bond acceptors (Lipinski definition) is 5. The highest BCUT2D eigenvalue weighted by molar-refractivity contribution is 7.99. The second-order valence-corrected chi connectivity index (χ2v) is 4.84. The Morgan fingerprint density at radius 1 is 1.21 bits per heavy atom. The number of nitrogens with two attached hydrogens (primary N) is 1. The highest BCUT2D eigenvalue weighted by Crippen LogP contribution is 2.35. The van der Waals surface area contributed by atoms with Crippen LogP contribution in [-0.2, 0) is 0 Å². The van der Waals surface area contributed by atoms with E-state index in [1.807, 2.05) is 6.07 Å². The first-order valence-electron chi connectivity index (χ1n) is 5.32. The minimum atomic E-state index is -0.486. The number of nitro benzene ring substituents is 1. The Hall–Kier alpha value is -2.52. The smallest absolute Gasteiger partial charge is 0.284 e. The monoisotopic (exact) mass is 271 g/mol. The van der Waals surface area contributed by atoms with Gasteiger partial charge in [-0.15, -0.1) is 0 Å². The molecule has 2 aromatic rings. The van der Waals surface area contributed by atoms with Crippen molar-refractivity contribution in [3.05, 3.63) is 58.1 Å². The van der Waals surface area contributed by atoms with Crippen LogP contribution >= 0.6 is 11.8 Å². The van der Waals surface area contributed by atoms with E-state index in [0.29, 0.717) is 10.6 Å². The lowest BCUT2D eigenvalue weighted by atomic mass is 10.2. The third-order valence-electron chi connectivity index (χ3n) is 2.39. The lowest BCUT2D eigenvalue weighted by Crippen LogP contribution is -1.92. The standard InChI is InChI=1S/C13H9N3O2S/c14-8-9-1-6-13(12(7-9)16(17)18)19-11-4-2-10(15)3-5-11/h1-7H,15H2. The maximum atomic E-state index is 11.0. The van der Waals surface area contributed by atoms with Gasteiger partial charge in [0, 0.05) is 16.6 Å². The normalized spacial score (nSPS) is 9.84. The molecular weight excluding hydrogens is 262 g/mol. The first kappa shape index (κ1) is 12.9. The van der Waals surface area contributed by atoms with Crippen molar-refractivity contribution in [2.24, 2.45) is 0 Å². The number of anilines is 1. The summed E-state index contributed by atoms with van der Waals surface area (Å²) in [4.78, 5) is 11.9. The van der Waals surface area contributed by atoms with Gasteiger partial charge in [-0.1, -0.05) is 11.8 Å². The van der Waals surface area contributed by atoms with E-state index < -0.39 is 4.92 Å². The van der Waals surface area contributed by atoms with E-state index in [2.05, 4.69) is 0 Å². The number of nitrogens with zero attached hydrogens (tertiary/aromatic N) is 2. The molecule has 0 atom stereocenters. The molecule has 0 spiro atoms. The van der Waals surface area contributed by atoms with Crippen LogP contribution in [0.5, 0.6) is 0 Å². The van der Waals surface area contributed by atoms with Gasteiger partial charge in [-0.2, -0.15) is 5.26 Å². The van der Waals surface area contributed by atoms with Gasteiger partial charge in [0.2, 0.25) is 0 Å². The third kappa shape index (κ3) is 3.03. The van der Waals surface area contributed by atoms with Gasteiger partial charge in [-0.3, -0.25) is 10.1 Å². The molecule has 0 amide bonds. The zero-order valence-electron chi connectivity index (χ0n) is 9.74. The Morgan fingerprint density at radius 2 is 1.89 bits per heavy atom. The van der Waals surface area contributed by atoms with Crippen LogP contribution in [0, 0.1) is 21.4 Å². The lowest BCUT2D eigenvalue weighted by Gasteiger charge is -2.03. The third-order valence-corrected chi connectivity index (χ3v) is 3.47. The van der Waals surface area contributed by atoms with Gasteiger partial charge in [-0.25, -0.2) is 0 Å². The van der Waals surface area contributed by atoms with Crippen molar-refractivity contribution in [3.63, 3.8) is 0 Å². The van der Waals surface area contributed by atoms with E-state index in [-0.39, 0.29) is 11.3 Å². The zero-order chi connectivity index (χ0) is 13.8. The summed E-state index contributed by atoms with van der Waals surface area (Å²) in [5.74, 6) is 0. The van der Waals surface area contributed by atoms with Gasteiger partial charge in [0.15, 0.2) is 0 Å². The van der Waals surface area contributed by atoms with Crippen LogP contribution in [-0.4, -0.2) is 4.92 Å². The summed E-state index contributed by atoms with van der Waals surface area (Å²) in [6.45, 7) is 0. The predicted molar refractivity (Wildman–Crippen MR) is 72.8 cm³/mol. The quantitative estimate of drug-likeness (QED) is 0.525. The fraction of sp³-hybridized carbons (Fsp3) is 0. The molecule has 0 aromatic heterocycles. The van der Waals surface area contributed by atoms with Crippen LogP contribution in [0.1, 0.15) is 5.56 Å². The van der Waals surface area contributed by atoms with Crippen LogP contribution in [0.2, 0.25) is 0 Å². The van der Waals surface area contributed by atoms with E-state index in [1.165, 1.54) is 17.8 Å². The molecule has 2 rings (SSSR count). The van der Waals surface area contributed by atoms with E-state index in [4.69, 9.17) is 11.0 Å². The van der Waals surface area contributed by atoms with Gasteiger partial charge in [0.25, 0.3) is 5.69 Å².